The van der Waals surface area contributed by atoms with Crippen molar-refractivity contribution in [3.63, 3.8) is 0 Å². The quantitative estimate of drug-likeness (QED) is 0.504. The Bertz CT molecular complexity index is 93.2. The van der Waals surface area contributed by atoms with Crippen LogP contribution in [0.3, 0.4) is 0 Å². The number of hydrogen-bond donors (Lipinski definition) is 1. The molecule has 1 saturated carbocycles. The van der Waals surface area contributed by atoms with Crippen molar-refractivity contribution >= 4 is 0 Å². The Labute approximate surface area is 76.9 Å². The summed E-state index contributed by atoms with van der Waals surface area (Å²) in [6.07, 6.45) is 10.1. The Morgan fingerprint density at radius 3 is 2.33 bits per heavy atom. The van der Waals surface area contributed by atoms with E-state index in [9.17, 15) is 0 Å². The van der Waals surface area contributed by atoms with E-state index in [1.165, 1.54) is 58.0 Å². The molecule has 0 spiro atoms. The van der Waals surface area contributed by atoms with E-state index in [0.717, 1.165) is 5.92 Å². The van der Waals surface area contributed by atoms with Crippen molar-refractivity contribution in [1.29, 1.82) is 0 Å². The third-order valence-electron chi connectivity index (χ3n) is 2.83. The lowest BCUT2D eigenvalue weighted by atomic mass is 10.0. The summed E-state index contributed by atoms with van der Waals surface area (Å²) in [5.74, 6) is 0.985. The van der Waals surface area contributed by atoms with Crippen LogP contribution in [0.5, 0.6) is 0 Å². The van der Waals surface area contributed by atoms with Gasteiger partial charge in [-0.2, -0.15) is 0 Å². The van der Waals surface area contributed by atoms with Crippen LogP contribution in [0.2, 0.25) is 0 Å². The standard InChI is InChI=1S/C11H23N/c1-2-9-12-10-11-7-5-3-4-6-8-11/h11-12H,2-10H2,1H3. The van der Waals surface area contributed by atoms with Crippen molar-refractivity contribution in [3.8, 4) is 0 Å². The summed E-state index contributed by atoms with van der Waals surface area (Å²) in [5.41, 5.74) is 0. The fraction of sp³-hybridized carbons (Fsp3) is 1.00. The number of nitrogens with one attached hydrogen (secondary N) is 1. The highest BCUT2D eigenvalue weighted by molar-refractivity contribution is 4.66. The molecular formula is C11H23N. The monoisotopic (exact) mass is 169 g/mol. The maximum Gasteiger partial charge on any atom is -0.00205 e. The minimum atomic E-state index is 0.985. The fourth-order valence-corrected chi connectivity index (χ4v) is 2.05. The summed E-state index contributed by atoms with van der Waals surface area (Å²) in [4.78, 5) is 0. The molecule has 0 aliphatic heterocycles. The van der Waals surface area contributed by atoms with Crippen LogP contribution in [0.25, 0.3) is 0 Å². The van der Waals surface area contributed by atoms with Crippen LogP contribution in [-0.2, 0) is 0 Å². The van der Waals surface area contributed by atoms with E-state index >= 15 is 0 Å². The zero-order valence-electron chi connectivity index (χ0n) is 8.44. The molecule has 1 nitrogen and oxygen atoms in total. The lowest BCUT2D eigenvalue weighted by Gasteiger charge is -2.13. The highest BCUT2D eigenvalue weighted by Crippen LogP contribution is 2.21. The number of rotatable bonds is 4. The molecule has 1 rings (SSSR count). The minimum absolute atomic E-state index is 0.985. The molecule has 1 heteroatoms. The van der Waals surface area contributed by atoms with Gasteiger partial charge in [0.15, 0.2) is 0 Å². The van der Waals surface area contributed by atoms with Gasteiger partial charge in [-0.1, -0.05) is 32.6 Å². The number of hydrogen-bond acceptors (Lipinski definition) is 1. The highest BCUT2D eigenvalue weighted by Gasteiger charge is 2.10. The normalized spacial score (nSPS) is 20.8. The SMILES string of the molecule is CCCNCC1CCCCCC1. The van der Waals surface area contributed by atoms with Gasteiger partial charge >= 0.3 is 0 Å². The van der Waals surface area contributed by atoms with Gasteiger partial charge in [-0.3, -0.25) is 0 Å². The predicted molar refractivity (Wildman–Crippen MR) is 54.4 cm³/mol. The Morgan fingerprint density at radius 1 is 1.08 bits per heavy atom. The van der Waals surface area contributed by atoms with Crippen LogP contribution in [0, 0.1) is 5.92 Å². The molecule has 0 atom stereocenters. The van der Waals surface area contributed by atoms with Crippen LogP contribution in [0.4, 0.5) is 0 Å². The largest absolute Gasteiger partial charge is 0.316 e. The molecule has 1 N–H and O–H groups in total. The van der Waals surface area contributed by atoms with Crippen molar-refractivity contribution in [3.05, 3.63) is 0 Å². The van der Waals surface area contributed by atoms with Gasteiger partial charge in [-0.15, -0.1) is 0 Å². The van der Waals surface area contributed by atoms with E-state index in [1.54, 1.807) is 0 Å². The van der Waals surface area contributed by atoms with E-state index in [0.29, 0.717) is 0 Å². The molecule has 72 valence electrons. The second-order valence-electron chi connectivity index (χ2n) is 4.06. The summed E-state index contributed by atoms with van der Waals surface area (Å²) in [5, 5.41) is 3.53. The van der Waals surface area contributed by atoms with Crippen molar-refractivity contribution in [2.45, 2.75) is 51.9 Å². The average Bonchev–Trinajstić information content (AvgIpc) is 2.33. The van der Waals surface area contributed by atoms with Crippen molar-refractivity contribution in [2.24, 2.45) is 5.92 Å². The molecule has 1 aliphatic carbocycles. The lowest BCUT2D eigenvalue weighted by molar-refractivity contribution is 0.426. The first-order chi connectivity index (χ1) is 5.93. The summed E-state index contributed by atoms with van der Waals surface area (Å²) in [7, 11) is 0. The third kappa shape index (κ3) is 4.10. The van der Waals surface area contributed by atoms with Gasteiger partial charge in [0, 0.05) is 0 Å². The topological polar surface area (TPSA) is 12.0 Å². The molecule has 12 heavy (non-hydrogen) atoms. The van der Waals surface area contributed by atoms with Crippen molar-refractivity contribution in [2.75, 3.05) is 13.1 Å². The summed E-state index contributed by atoms with van der Waals surface area (Å²) in [6, 6.07) is 0. The van der Waals surface area contributed by atoms with E-state index in [4.69, 9.17) is 0 Å². The maximum atomic E-state index is 3.53. The van der Waals surface area contributed by atoms with Crippen LogP contribution >= 0.6 is 0 Å². The fourth-order valence-electron chi connectivity index (χ4n) is 2.05. The van der Waals surface area contributed by atoms with E-state index < -0.39 is 0 Å². The summed E-state index contributed by atoms with van der Waals surface area (Å²) < 4.78 is 0. The first-order valence-electron chi connectivity index (χ1n) is 5.64. The highest BCUT2D eigenvalue weighted by atomic mass is 14.8. The van der Waals surface area contributed by atoms with E-state index in [1.807, 2.05) is 0 Å². The predicted octanol–water partition coefficient (Wildman–Crippen LogP) is 2.96. The van der Waals surface area contributed by atoms with Crippen LogP contribution < -0.4 is 5.32 Å². The average molecular weight is 169 g/mol. The molecule has 0 radical (unpaired) electrons. The smallest absolute Gasteiger partial charge is 0.00205 e. The van der Waals surface area contributed by atoms with Crippen molar-refractivity contribution < 1.29 is 0 Å². The van der Waals surface area contributed by atoms with Gasteiger partial charge in [0.1, 0.15) is 0 Å². The molecule has 0 saturated heterocycles. The molecule has 1 fully saturated rings. The van der Waals surface area contributed by atoms with Gasteiger partial charge in [0.2, 0.25) is 0 Å². The van der Waals surface area contributed by atoms with Gasteiger partial charge in [0.05, 0.1) is 0 Å². The Balaban J connectivity index is 2.04. The zero-order chi connectivity index (χ0) is 8.65. The van der Waals surface area contributed by atoms with Gasteiger partial charge in [-0.05, 0) is 38.3 Å². The second-order valence-corrected chi connectivity index (χ2v) is 4.06. The first kappa shape index (κ1) is 10.0. The van der Waals surface area contributed by atoms with Gasteiger partial charge in [0.25, 0.3) is 0 Å². The molecule has 0 aromatic rings. The summed E-state index contributed by atoms with van der Waals surface area (Å²) >= 11 is 0. The molecule has 0 unspecified atom stereocenters. The zero-order valence-corrected chi connectivity index (χ0v) is 8.44. The molecular weight excluding hydrogens is 146 g/mol. The molecule has 1 aliphatic rings. The van der Waals surface area contributed by atoms with Crippen molar-refractivity contribution in [1.82, 2.24) is 5.32 Å². The molecule has 0 aromatic carbocycles. The Hall–Kier alpha value is -0.0400. The molecule has 0 aromatic heterocycles. The molecule has 0 amide bonds. The Morgan fingerprint density at radius 2 is 1.75 bits per heavy atom. The third-order valence-corrected chi connectivity index (χ3v) is 2.83. The molecule has 0 bridgehead atoms. The van der Waals surface area contributed by atoms with Crippen LogP contribution in [0.15, 0.2) is 0 Å². The molecule has 0 heterocycles. The van der Waals surface area contributed by atoms with Crippen LogP contribution in [-0.4, -0.2) is 13.1 Å². The van der Waals surface area contributed by atoms with Gasteiger partial charge < -0.3 is 5.32 Å². The van der Waals surface area contributed by atoms with E-state index in [-0.39, 0.29) is 0 Å². The van der Waals surface area contributed by atoms with Crippen LogP contribution in [0.1, 0.15) is 51.9 Å². The summed E-state index contributed by atoms with van der Waals surface area (Å²) in [6.45, 7) is 4.71. The lowest BCUT2D eigenvalue weighted by Crippen LogP contribution is -2.23. The first-order valence-corrected chi connectivity index (χ1v) is 5.64. The Kier molecular flexibility index (Phi) is 5.42. The van der Waals surface area contributed by atoms with Gasteiger partial charge in [-0.25, -0.2) is 0 Å². The minimum Gasteiger partial charge on any atom is -0.316 e. The van der Waals surface area contributed by atoms with E-state index in [2.05, 4.69) is 12.2 Å². The maximum absolute atomic E-state index is 3.53. The second kappa shape index (κ2) is 6.47.